The van der Waals surface area contributed by atoms with Gasteiger partial charge in [0.2, 0.25) is 0 Å². The number of benzene rings is 2. The van der Waals surface area contributed by atoms with Gasteiger partial charge in [0, 0.05) is 11.4 Å². The zero-order valence-corrected chi connectivity index (χ0v) is 23.5. The Morgan fingerprint density at radius 1 is 0.730 bits per heavy atom. The van der Waals surface area contributed by atoms with Crippen molar-refractivity contribution in [3.63, 3.8) is 0 Å². The Hall–Kier alpha value is -2.56. The molecule has 0 aliphatic heterocycles. The van der Waals surface area contributed by atoms with E-state index in [1.807, 2.05) is 0 Å². The van der Waals surface area contributed by atoms with E-state index in [0.29, 0.717) is 36.0 Å². The number of aliphatic hydroxyl groups excluding tert-OH is 2. The summed E-state index contributed by atoms with van der Waals surface area (Å²) in [6, 6.07) is 13.6. The molecule has 2 atom stereocenters. The molecule has 37 heavy (non-hydrogen) atoms. The minimum Gasteiger partial charge on any atom is -1.00 e. The Kier molecular flexibility index (Phi) is 13.2. The number of halogens is 1. The number of quaternary nitrogens is 2. The zero-order valence-electron chi connectivity index (χ0n) is 22.8. The lowest BCUT2D eigenvalue weighted by Crippen LogP contribution is -3.00. The predicted octanol–water partition coefficient (Wildman–Crippen LogP) is -1.46. The van der Waals surface area contributed by atoms with E-state index in [9.17, 15) is 15.0 Å². The number of hydrogen-bond donors (Lipinski definition) is 6. The van der Waals surface area contributed by atoms with E-state index in [1.165, 1.54) is 0 Å². The van der Waals surface area contributed by atoms with E-state index in [4.69, 9.17) is 9.47 Å². The Labute approximate surface area is 226 Å². The van der Waals surface area contributed by atoms with Gasteiger partial charge in [-0.25, -0.2) is 4.79 Å². The van der Waals surface area contributed by atoms with Gasteiger partial charge in [0.15, 0.2) is 0 Å². The molecule has 0 aliphatic carbocycles. The third-order valence-corrected chi connectivity index (χ3v) is 5.11. The summed E-state index contributed by atoms with van der Waals surface area (Å²) in [6.45, 7) is 14.1. The lowest BCUT2D eigenvalue weighted by molar-refractivity contribution is -0.722. The number of ether oxygens (including phenoxy) is 2. The van der Waals surface area contributed by atoms with E-state index >= 15 is 0 Å². The van der Waals surface area contributed by atoms with Crippen LogP contribution in [0.2, 0.25) is 0 Å². The van der Waals surface area contributed by atoms with Gasteiger partial charge in [-0.2, -0.15) is 0 Å². The van der Waals surface area contributed by atoms with Crippen molar-refractivity contribution in [2.24, 2.45) is 0 Å². The Bertz CT molecular complexity index is 852. The van der Waals surface area contributed by atoms with Crippen molar-refractivity contribution in [3.05, 3.63) is 48.5 Å². The lowest BCUT2D eigenvalue weighted by Gasteiger charge is -2.19. The molecule has 0 aromatic heterocycles. The molecule has 0 radical (unpaired) electrons. The number of carbonyl (C=O) groups excluding carboxylic acids is 1. The molecule has 8 N–H and O–H groups in total. The molecule has 2 rings (SSSR count). The quantitative estimate of drug-likeness (QED) is 0.196. The molecule has 2 aromatic rings. The fourth-order valence-electron chi connectivity index (χ4n) is 3.06. The maximum atomic E-state index is 12.3. The largest absolute Gasteiger partial charge is 1.00 e. The van der Waals surface area contributed by atoms with Gasteiger partial charge in [-0.1, -0.05) is 0 Å². The maximum absolute atomic E-state index is 12.3. The highest BCUT2D eigenvalue weighted by atomic mass is 35.5. The van der Waals surface area contributed by atoms with Gasteiger partial charge in [-0.3, -0.25) is 0 Å². The number of anilines is 2. The smallest absolute Gasteiger partial charge is 0.323 e. The second-order valence-electron chi connectivity index (χ2n) is 11.2. The number of aliphatic hydroxyl groups is 2. The van der Waals surface area contributed by atoms with Gasteiger partial charge in [0.25, 0.3) is 0 Å². The molecule has 2 unspecified atom stereocenters. The fourth-order valence-corrected chi connectivity index (χ4v) is 3.06. The number of rotatable bonds is 12. The highest BCUT2D eigenvalue weighted by Gasteiger charge is 2.17. The first kappa shape index (κ1) is 32.5. The van der Waals surface area contributed by atoms with Crippen LogP contribution in [0.5, 0.6) is 11.5 Å². The molecule has 0 heterocycles. The van der Waals surface area contributed by atoms with Crippen molar-refractivity contribution in [3.8, 4) is 11.5 Å². The number of urea groups is 1. The standard InChI is InChI=1S/C27H42N4O5.ClH/c1-26(2,3)28-15-21(32)17-35-23-11-7-19(8-12-23)30-25(34)31-20-9-13-24(14-10-20)36-18-22(33)16-29-27(4,5)6;/h7-14,21-22,28-29,32-33H,15-18H2,1-6H3,(H2,30,31,34);1H/p+1. The van der Waals surface area contributed by atoms with E-state index in [2.05, 4.69) is 62.8 Å². The van der Waals surface area contributed by atoms with Crippen molar-refractivity contribution in [2.45, 2.75) is 64.8 Å². The number of amides is 2. The molecular weight excluding hydrogens is 496 g/mol. The van der Waals surface area contributed by atoms with Gasteiger partial charge in [-0.05, 0) is 90.1 Å². The number of hydrogen-bond acceptors (Lipinski definition) is 5. The highest BCUT2D eigenvalue weighted by Crippen LogP contribution is 2.18. The van der Waals surface area contributed by atoms with Gasteiger partial charge in [-0.15, -0.1) is 0 Å². The molecule has 2 aromatic carbocycles. The van der Waals surface area contributed by atoms with Crippen LogP contribution in [-0.2, 0) is 0 Å². The van der Waals surface area contributed by atoms with Crippen LogP contribution in [0.15, 0.2) is 48.5 Å². The lowest BCUT2D eigenvalue weighted by atomic mass is 10.1. The predicted molar refractivity (Wildman–Crippen MR) is 142 cm³/mol. The zero-order chi connectivity index (χ0) is 26.8. The van der Waals surface area contributed by atoms with Crippen molar-refractivity contribution < 1.29 is 47.5 Å². The molecule has 0 spiro atoms. The summed E-state index contributed by atoms with van der Waals surface area (Å²) in [4.78, 5) is 12.3. The molecule has 9 nitrogen and oxygen atoms in total. The molecule has 0 saturated heterocycles. The monoisotopic (exact) mass is 539 g/mol. The first-order chi connectivity index (χ1) is 16.8. The van der Waals surface area contributed by atoms with Crippen molar-refractivity contribution in [2.75, 3.05) is 36.9 Å². The van der Waals surface area contributed by atoms with Crippen LogP contribution >= 0.6 is 0 Å². The molecule has 10 heteroatoms. The average Bonchev–Trinajstić information content (AvgIpc) is 2.79. The summed E-state index contributed by atoms with van der Waals surface area (Å²) in [5.74, 6) is 1.24. The van der Waals surface area contributed by atoms with Crippen molar-refractivity contribution in [1.29, 1.82) is 0 Å². The van der Waals surface area contributed by atoms with E-state index in [-0.39, 0.29) is 42.7 Å². The van der Waals surface area contributed by atoms with E-state index < -0.39 is 12.2 Å². The third-order valence-electron chi connectivity index (χ3n) is 5.11. The van der Waals surface area contributed by atoms with Crippen LogP contribution < -0.4 is 43.1 Å². The summed E-state index contributed by atoms with van der Waals surface area (Å²) < 4.78 is 11.3. The summed E-state index contributed by atoms with van der Waals surface area (Å²) in [5.41, 5.74) is 1.34. The van der Waals surface area contributed by atoms with Crippen molar-refractivity contribution in [1.82, 2.24) is 0 Å². The van der Waals surface area contributed by atoms with E-state index in [1.54, 1.807) is 48.5 Å². The second kappa shape index (κ2) is 15.0. The van der Waals surface area contributed by atoms with Gasteiger partial charge in [0.05, 0.1) is 11.1 Å². The van der Waals surface area contributed by atoms with Crippen LogP contribution in [0.25, 0.3) is 0 Å². The maximum Gasteiger partial charge on any atom is 0.323 e. The van der Waals surface area contributed by atoms with Gasteiger partial charge in [0.1, 0.15) is 50.0 Å². The minimum atomic E-state index is -0.568. The topological polar surface area (TPSA) is 133 Å². The first-order valence-electron chi connectivity index (χ1n) is 12.4. The second-order valence-corrected chi connectivity index (χ2v) is 11.2. The number of nitrogens with two attached hydrogens (primary N) is 2. The molecular formula is C27H44ClN4O5+. The Morgan fingerprint density at radius 2 is 1.05 bits per heavy atom. The van der Waals surface area contributed by atoms with Crippen LogP contribution in [0.3, 0.4) is 0 Å². The third kappa shape index (κ3) is 14.7. The minimum absolute atomic E-state index is 0. The normalized spacial score (nSPS) is 13.2. The van der Waals surface area contributed by atoms with Crippen molar-refractivity contribution >= 4 is 17.4 Å². The number of nitrogens with one attached hydrogen (secondary N) is 2. The Balaban J connectivity index is 0.00000684. The SMILES string of the molecule is CC(C)(C)[NH2+]CC(O)COc1ccc(NC(=O)Nc2ccc(OCC(O)C[NH2+]C(C)(C)C)cc2)cc1.[Cl-]. The molecule has 0 saturated carbocycles. The molecule has 208 valence electrons. The summed E-state index contributed by atoms with van der Waals surface area (Å²) >= 11 is 0. The van der Waals surface area contributed by atoms with Crippen LogP contribution in [0.4, 0.5) is 16.2 Å². The van der Waals surface area contributed by atoms with E-state index in [0.717, 1.165) is 0 Å². The number of carbonyl (C=O) groups is 1. The molecule has 0 bridgehead atoms. The van der Waals surface area contributed by atoms with Gasteiger partial charge < -0.3 is 53.4 Å². The van der Waals surface area contributed by atoms with Crippen LogP contribution in [0, 0.1) is 0 Å². The van der Waals surface area contributed by atoms with Gasteiger partial charge >= 0.3 is 6.03 Å². The fraction of sp³-hybridized carbons (Fsp3) is 0.519. The van der Waals surface area contributed by atoms with Crippen LogP contribution in [-0.4, -0.2) is 65.8 Å². The first-order valence-corrected chi connectivity index (χ1v) is 12.4. The Morgan fingerprint density at radius 3 is 1.35 bits per heavy atom. The summed E-state index contributed by atoms with van der Waals surface area (Å²) in [7, 11) is 0. The highest BCUT2D eigenvalue weighted by molar-refractivity contribution is 5.99. The molecule has 0 aliphatic rings. The summed E-state index contributed by atoms with van der Waals surface area (Å²) in [5, 5.41) is 29.8. The summed E-state index contributed by atoms with van der Waals surface area (Å²) in [6.07, 6.45) is -1.14. The van der Waals surface area contributed by atoms with Crippen LogP contribution in [0.1, 0.15) is 41.5 Å². The molecule has 2 amide bonds. The molecule has 0 fully saturated rings. The average molecular weight is 540 g/mol.